The minimum atomic E-state index is -3.31. The summed E-state index contributed by atoms with van der Waals surface area (Å²) in [6.07, 6.45) is 3.97. The fourth-order valence-corrected chi connectivity index (χ4v) is 6.25. The lowest BCUT2D eigenvalue weighted by molar-refractivity contribution is 0.110. The minimum Gasteiger partial charge on any atom is -0.384 e. The molecule has 0 aliphatic carbocycles. The average Bonchev–Trinajstić information content (AvgIpc) is 2.65. The van der Waals surface area contributed by atoms with Gasteiger partial charge in [-0.3, -0.25) is 0 Å². The molecule has 152 valence electrons. The lowest BCUT2D eigenvalue weighted by Gasteiger charge is -2.40. The van der Waals surface area contributed by atoms with Gasteiger partial charge >= 0.3 is 0 Å². The normalized spacial score (nSPS) is 29.2. The van der Waals surface area contributed by atoms with Gasteiger partial charge < -0.3 is 14.5 Å². The van der Waals surface area contributed by atoms with Gasteiger partial charge in [0, 0.05) is 66.0 Å². The van der Waals surface area contributed by atoms with E-state index in [0.717, 1.165) is 58.4 Å². The molecule has 1 unspecified atom stereocenters. The topological polar surface area (TPSA) is 56.3 Å². The van der Waals surface area contributed by atoms with Gasteiger partial charge in [0.25, 0.3) is 10.2 Å². The molecule has 3 fully saturated rings. The van der Waals surface area contributed by atoms with E-state index in [1.807, 2.05) is 0 Å². The number of ether oxygens (including phenoxy) is 1. The van der Waals surface area contributed by atoms with Crippen LogP contribution in [0.3, 0.4) is 0 Å². The molecular formula is C18H36N4O3S. The number of hydrogen-bond donors (Lipinski definition) is 0. The van der Waals surface area contributed by atoms with Crippen molar-refractivity contribution in [3.05, 3.63) is 0 Å². The van der Waals surface area contributed by atoms with E-state index < -0.39 is 10.2 Å². The molecule has 0 N–H and O–H groups in total. The van der Waals surface area contributed by atoms with Crippen LogP contribution in [-0.2, 0) is 14.9 Å². The zero-order chi connectivity index (χ0) is 18.6. The summed E-state index contributed by atoms with van der Waals surface area (Å²) >= 11 is 0. The molecule has 0 aromatic rings. The Bertz CT molecular complexity index is 527. The summed E-state index contributed by atoms with van der Waals surface area (Å²) in [5.41, 5.74) is 0. The predicted octanol–water partition coefficient (Wildman–Crippen LogP) is 0.549. The Hall–Kier alpha value is -0.250. The largest absolute Gasteiger partial charge is 0.384 e. The van der Waals surface area contributed by atoms with Gasteiger partial charge in [0.1, 0.15) is 0 Å². The molecule has 26 heavy (non-hydrogen) atoms. The molecule has 0 amide bonds. The Kier molecular flexibility index (Phi) is 7.32. The lowest BCUT2D eigenvalue weighted by atomic mass is 9.97. The van der Waals surface area contributed by atoms with E-state index in [4.69, 9.17) is 4.74 Å². The van der Waals surface area contributed by atoms with Gasteiger partial charge in [0.05, 0.1) is 6.61 Å². The van der Waals surface area contributed by atoms with Crippen LogP contribution in [0.25, 0.3) is 0 Å². The van der Waals surface area contributed by atoms with Crippen molar-refractivity contribution >= 4 is 10.2 Å². The van der Waals surface area contributed by atoms with Gasteiger partial charge in [0.15, 0.2) is 0 Å². The third kappa shape index (κ3) is 5.17. The molecule has 7 nitrogen and oxygen atoms in total. The number of methoxy groups -OCH3 is 1. The second-order valence-electron chi connectivity index (χ2n) is 8.28. The zero-order valence-electron chi connectivity index (χ0n) is 16.5. The van der Waals surface area contributed by atoms with E-state index in [-0.39, 0.29) is 0 Å². The highest BCUT2D eigenvalue weighted by Gasteiger charge is 2.36. The molecule has 0 radical (unpaired) electrons. The van der Waals surface area contributed by atoms with Gasteiger partial charge in [-0.1, -0.05) is 0 Å². The van der Waals surface area contributed by atoms with Crippen molar-refractivity contribution in [2.45, 2.75) is 25.7 Å². The highest BCUT2D eigenvalue weighted by molar-refractivity contribution is 7.86. The number of rotatable bonds is 6. The van der Waals surface area contributed by atoms with Gasteiger partial charge in [-0.25, -0.2) is 0 Å². The van der Waals surface area contributed by atoms with E-state index in [1.54, 1.807) is 15.7 Å². The van der Waals surface area contributed by atoms with Crippen LogP contribution in [0, 0.1) is 11.8 Å². The summed E-state index contributed by atoms with van der Waals surface area (Å²) < 4.78 is 34.7. The first-order chi connectivity index (χ1) is 12.5. The molecule has 0 spiro atoms. The van der Waals surface area contributed by atoms with Gasteiger partial charge in [0.2, 0.25) is 0 Å². The Labute approximate surface area is 159 Å². The summed E-state index contributed by atoms with van der Waals surface area (Å²) in [5.74, 6) is 0.964. The molecule has 8 heteroatoms. The number of piperazine rings is 1. The summed E-state index contributed by atoms with van der Waals surface area (Å²) in [4.78, 5) is 4.93. The van der Waals surface area contributed by atoms with Crippen LogP contribution in [0.4, 0.5) is 0 Å². The van der Waals surface area contributed by atoms with E-state index >= 15 is 0 Å². The number of likely N-dealkylation sites (N-methyl/N-ethyl adjacent to an activating group) is 1. The van der Waals surface area contributed by atoms with Crippen LogP contribution in [0.2, 0.25) is 0 Å². The van der Waals surface area contributed by atoms with Crippen LogP contribution in [0.15, 0.2) is 0 Å². The summed E-state index contributed by atoms with van der Waals surface area (Å²) in [7, 11) is 0.563. The average molecular weight is 389 g/mol. The van der Waals surface area contributed by atoms with Crippen LogP contribution < -0.4 is 0 Å². The highest BCUT2D eigenvalue weighted by Crippen LogP contribution is 2.26. The molecule has 3 heterocycles. The van der Waals surface area contributed by atoms with Gasteiger partial charge in [-0.05, 0) is 44.6 Å². The van der Waals surface area contributed by atoms with Gasteiger partial charge in [-0.2, -0.15) is 17.0 Å². The number of nitrogens with zero attached hydrogens (tertiary/aromatic N) is 4. The van der Waals surface area contributed by atoms with Crippen molar-refractivity contribution in [3.8, 4) is 0 Å². The van der Waals surface area contributed by atoms with Gasteiger partial charge in [-0.15, -0.1) is 0 Å². The monoisotopic (exact) mass is 388 g/mol. The SMILES string of the molecule is COCC1CCCN(S(=O)(=O)N2CCC(CN3CCN(C)CC3)CC2)C1. The van der Waals surface area contributed by atoms with Crippen molar-refractivity contribution in [2.75, 3.05) is 79.7 Å². The fourth-order valence-electron chi connectivity index (χ4n) is 4.49. The van der Waals surface area contributed by atoms with E-state index in [9.17, 15) is 8.42 Å². The Morgan fingerprint density at radius 1 is 0.885 bits per heavy atom. The van der Waals surface area contributed by atoms with Crippen LogP contribution in [0.1, 0.15) is 25.7 Å². The molecule has 0 bridgehead atoms. The molecule has 3 aliphatic rings. The molecule has 0 aromatic heterocycles. The molecule has 3 aliphatic heterocycles. The number of hydrogen-bond acceptors (Lipinski definition) is 5. The van der Waals surface area contributed by atoms with Crippen molar-refractivity contribution < 1.29 is 13.2 Å². The molecule has 3 rings (SSSR count). The molecular weight excluding hydrogens is 352 g/mol. The summed E-state index contributed by atoms with van der Waals surface area (Å²) in [6, 6.07) is 0. The fraction of sp³-hybridized carbons (Fsp3) is 1.00. The first-order valence-corrected chi connectivity index (χ1v) is 11.5. The van der Waals surface area contributed by atoms with Crippen molar-refractivity contribution in [3.63, 3.8) is 0 Å². The Balaban J connectivity index is 1.47. The third-order valence-corrected chi connectivity index (χ3v) is 8.22. The molecule has 0 aromatic carbocycles. The maximum absolute atomic E-state index is 13.0. The Morgan fingerprint density at radius 2 is 1.58 bits per heavy atom. The van der Waals surface area contributed by atoms with E-state index in [0.29, 0.717) is 44.6 Å². The van der Waals surface area contributed by atoms with E-state index in [2.05, 4.69) is 16.8 Å². The van der Waals surface area contributed by atoms with Crippen LogP contribution >= 0.6 is 0 Å². The maximum Gasteiger partial charge on any atom is 0.281 e. The van der Waals surface area contributed by atoms with Crippen molar-refractivity contribution in [2.24, 2.45) is 11.8 Å². The second kappa shape index (κ2) is 9.30. The molecule has 3 saturated heterocycles. The number of piperidine rings is 2. The molecule has 0 saturated carbocycles. The van der Waals surface area contributed by atoms with Crippen LogP contribution in [-0.4, -0.2) is 106 Å². The lowest BCUT2D eigenvalue weighted by Crippen LogP contribution is -2.52. The quantitative estimate of drug-likeness (QED) is 0.665. The second-order valence-corrected chi connectivity index (χ2v) is 10.2. The maximum atomic E-state index is 13.0. The first kappa shape index (κ1) is 20.5. The molecule has 1 atom stereocenters. The van der Waals surface area contributed by atoms with Crippen molar-refractivity contribution in [1.82, 2.24) is 18.4 Å². The van der Waals surface area contributed by atoms with E-state index in [1.165, 1.54) is 0 Å². The Morgan fingerprint density at radius 3 is 2.23 bits per heavy atom. The van der Waals surface area contributed by atoms with Crippen LogP contribution in [0.5, 0.6) is 0 Å². The summed E-state index contributed by atoms with van der Waals surface area (Å²) in [5, 5.41) is 0. The smallest absolute Gasteiger partial charge is 0.281 e. The minimum absolute atomic E-state index is 0.332. The standard InChI is InChI=1S/C18H36N4O3S/c1-19-10-12-20(13-11-19)14-17-5-8-21(9-6-17)26(23,24)22-7-3-4-18(15-22)16-25-2/h17-18H,3-16H2,1-2H3. The summed E-state index contributed by atoms with van der Waals surface area (Å²) in [6.45, 7) is 8.96. The van der Waals surface area contributed by atoms with Crippen molar-refractivity contribution in [1.29, 1.82) is 0 Å². The first-order valence-electron chi connectivity index (χ1n) is 10.1. The predicted molar refractivity (Wildman–Crippen MR) is 103 cm³/mol. The third-order valence-electron chi connectivity index (χ3n) is 6.22. The zero-order valence-corrected chi connectivity index (χ0v) is 17.3. The highest BCUT2D eigenvalue weighted by atomic mass is 32.2.